The van der Waals surface area contributed by atoms with E-state index >= 15 is 0 Å². The molecule has 1 rings (SSSR count). The van der Waals surface area contributed by atoms with E-state index < -0.39 is 15.1 Å². The van der Waals surface area contributed by atoms with Crippen molar-refractivity contribution in [2.45, 2.75) is 19.1 Å². The van der Waals surface area contributed by atoms with Crippen LogP contribution in [0.1, 0.15) is 13.8 Å². The lowest BCUT2D eigenvalue weighted by atomic mass is 10.4. The summed E-state index contributed by atoms with van der Waals surface area (Å²) in [5.41, 5.74) is 0. The zero-order chi connectivity index (χ0) is 13.8. The van der Waals surface area contributed by atoms with Gasteiger partial charge in [0, 0.05) is 13.1 Å². The smallest absolute Gasteiger partial charge is 0.193 e. The van der Waals surface area contributed by atoms with Crippen molar-refractivity contribution in [1.82, 2.24) is 4.90 Å². The largest absolute Gasteiger partial charge is 0.378 e. The third kappa shape index (κ3) is 3.19. The van der Waals surface area contributed by atoms with E-state index in [0.717, 1.165) is 0 Å². The maximum atomic E-state index is 12.2. The molecule has 18 heavy (non-hydrogen) atoms. The van der Waals surface area contributed by atoms with Crippen LogP contribution in [0.4, 0.5) is 0 Å². The number of nitrogens with zero attached hydrogens (tertiary/aromatic N) is 2. The lowest BCUT2D eigenvalue weighted by Gasteiger charge is -2.30. The van der Waals surface area contributed by atoms with Crippen LogP contribution < -0.4 is 0 Å². The Balaban J connectivity index is 3.21. The quantitative estimate of drug-likeness (QED) is 0.725. The van der Waals surface area contributed by atoms with Crippen molar-refractivity contribution in [3.8, 4) is 6.07 Å². The van der Waals surface area contributed by atoms with Gasteiger partial charge in [-0.3, -0.25) is 0 Å². The van der Waals surface area contributed by atoms with Gasteiger partial charge in [-0.25, -0.2) is 8.42 Å². The molecule has 102 valence electrons. The molecule has 7 heteroatoms. The summed E-state index contributed by atoms with van der Waals surface area (Å²) in [5, 5.41) is 9.13. The average Bonchev–Trinajstić information content (AvgIpc) is 2.36. The second kappa shape index (κ2) is 6.45. The van der Waals surface area contributed by atoms with Gasteiger partial charge in [0.05, 0.1) is 18.5 Å². The van der Waals surface area contributed by atoms with Crippen molar-refractivity contribution in [2.24, 2.45) is 0 Å². The Morgan fingerprint density at radius 3 is 2.33 bits per heavy atom. The molecular weight excluding hydrogens is 272 g/mol. The van der Waals surface area contributed by atoms with Crippen molar-refractivity contribution >= 4 is 21.6 Å². The fraction of sp³-hybridized carbons (Fsp3) is 0.727. The summed E-state index contributed by atoms with van der Waals surface area (Å²) in [6.07, 6.45) is 1.79. The molecule has 0 aromatic carbocycles. The standard InChI is InChI=1S/C11H18N2O3S2/c1-9(2)18(14,15)10(8-12)11(17-3)13-4-6-16-7-5-13/h9H,4-7H2,1-3H3. The van der Waals surface area contributed by atoms with Gasteiger partial charge in [-0.1, -0.05) is 0 Å². The van der Waals surface area contributed by atoms with Crippen molar-refractivity contribution in [2.75, 3.05) is 32.6 Å². The number of nitriles is 1. The number of allylic oxidation sites excluding steroid dienone is 1. The third-order valence-corrected chi connectivity index (χ3v) is 5.77. The zero-order valence-corrected chi connectivity index (χ0v) is 12.5. The second-order valence-corrected chi connectivity index (χ2v) is 7.38. The molecule has 1 aliphatic rings. The van der Waals surface area contributed by atoms with Crippen molar-refractivity contribution < 1.29 is 13.2 Å². The van der Waals surface area contributed by atoms with Crippen LogP contribution in [0.15, 0.2) is 9.93 Å². The minimum absolute atomic E-state index is 0.119. The molecule has 0 aromatic rings. The fourth-order valence-corrected chi connectivity index (χ4v) is 3.84. The van der Waals surface area contributed by atoms with Crippen LogP contribution in [0.5, 0.6) is 0 Å². The van der Waals surface area contributed by atoms with E-state index in [-0.39, 0.29) is 4.91 Å². The second-order valence-electron chi connectivity index (χ2n) is 4.14. The minimum atomic E-state index is -3.53. The monoisotopic (exact) mass is 290 g/mol. The van der Waals surface area contributed by atoms with E-state index in [2.05, 4.69) is 0 Å². The Morgan fingerprint density at radius 2 is 1.94 bits per heavy atom. The fourth-order valence-electron chi connectivity index (χ4n) is 1.60. The molecule has 1 saturated heterocycles. The van der Waals surface area contributed by atoms with Crippen LogP contribution in [0.25, 0.3) is 0 Å². The Labute approximate surface area is 113 Å². The molecular formula is C11H18N2O3S2. The van der Waals surface area contributed by atoms with Crippen LogP contribution in [0, 0.1) is 11.3 Å². The first-order valence-electron chi connectivity index (χ1n) is 5.70. The number of morpholine rings is 1. The van der Waals surface area contributed by atoms with Gasteiger partial charge in [-0.2, -0.15) is 5.26 Å². The van der Waals surface area contributed by atoms with Gasteiger partial charge >= 0.3 is 0 Å². The predicted molar refractivity (Wildman–Crippen MR) is 72.6 cm³/mol. The van der Waals surface area contributed by atoms with Crippen LogP contribution >= 0.6 is 11.8 Å². The molecule has 0 spiro atoms. The minimum Gasteiger partial charge on any atom is -0.378 e. The van der Waals surface area contributed by atoms with Crippen molar-refractivity contribution in [3.05, 3.63) is 9.93 Å². The van der Waals surface area contributed by atoms with E-state index in [0.29, 0.717) is 31.3 Å². The maximum Gasteiger partial charge on any atom is 0.193 e. The summed E-state index contributed by atoms with van der Waals surface area (Å²) in [4.78, 5) is 1.79. The summed E-state index contributed by atoms with van der Waals surface area (Å²) in [6.45, 7) is 5.53. The highest BCUT2D eigenvalue weighted by atomic mass is 32.2. The van der Waals surface area contributed by atoms with Crippen LogP contribution in [-0.2, 0) is 14.6 Å². The molecule has 0 unspecified atom stereocenters. The number of thioether (sulfide) groups is 1. The summed E-state index contributed by atoms with van der Waals surface area (Å²) in [6, 6.07) is 1.86. The highest BCUT2D eigenvalue weighted by Crippen LogP contribution is 2.27. The summed E-state index contributed by atoms with van der Waals surface area (Å²) in [5.74, 6) is 0. The highest BCUT2D eigenvalue weighted by Gasteiger charge is 2.28. The molecule has 0 saturated carbocycles. The highest BCUT2D eigenvalue weighted by molar-refractivity contribution is 8.04. The summed E-state index contributed by atoms with van der Waals surface area (Å²) < 4.78 is 29.5. The van der Waals surface area contributed by atoms with Gasteiger partial charge in [0.15, 0.2) is 14.7 Å². The lowest BCUT2D eigenvalue weighted by Crippen LogP contribution is -2.36. The van der Waals surface area contributed by atoms with Gasteiger partial charge in [-0.15, -0.1) is 11.8 Å². The van der Waals surface area contributed by atoms with Crippen LogP contribution in [0.3, 0.4) is 0 Å². The Bertz CT molecular complexity index is 457. The van der Waals surface area contributed by atoms with E-state index in [1.807, 2.05) is 11.0 Å². The van der Waals surface area contributed by atoms with Gasteiger partial charge in [0.1, 0.15) is 11.1 Å². The lowest BCUT2D eigenvalue weighted by molar-refractivity contribution is 0.0576. The number of hydrogen-bond acceptors (Lipinski definition) is 6. The van der Waals surface area contributed by atoms with Gasteiger partial charge in [-0.05, 0) is 20.1 Å². The topological polar surface area (TPSA) is 70.4 Å². The molecule has 0 atom stereocenters. The number of rotatable bonds is 4. The molecule has 0 N–H and O–H groups in total. The zero-order valence-electron chi connectivity index (χ0n) is 10.8. The first-order chi connectivity index (χ1) is 8.45. The molecule has 5 nitrogen and oxygen atoms in total. The summed E-state index contributed by atoms with van der Waals surface area (Å²) in [7, 11) is -3.53. The molecule has 0 radical (unpaired) electrons. The number of sulfone groups is 1. The van der Waals surface area contributed by atoms with Gasteiger partial charge in [0.25, 0.3) is 0 Å². The van der Waals surface area contributed by atoms with Gasteiger partial charge < -0.3 is 9.64 Å². The number of ether oxygens (including phenoxy) is 1. The first-order valence-corrected chi connectivity index (χ1v) is 8.47. The molecule has 0 aliphatic carbocycles. The predicted octanol–water partition coefficient (Wildman–Crippen LogP) is 1.20. The Kier molecular flexibility index (Phi) is 5.50. The third-order valence-electron chi connectivity index (χ3n) is 2.69. The van der Waals surface area contributed by atoms with Crippen LogP contribution in [-0.4, -0.2) is 51.1 Å². The SMILES string of the molecule is CSC(=C(C#N)S(=O)(=O)C(C)C)N1CCOCC1. The normalized spacial score (nSPS) is 18.5. The van der Waals surface area contributed by atoms with E-state index in [4.69, 9.17) is 4.74 Å². The van der Waals surface area contributed by atoms with Crippen molar-refractivity contribution in [1.29, 1.82) is 5.26 Å². The number of hydrogen-bond donors (Lipinski definition) is 0. The Morgan fingerprint density at radius 1 is 1.39 bits per heavy atom. The molecule has 1 heterocycles. The molecule has 1 aliphatic heterocycles. The molecule has 1 fully saturated rings. The average molecular weight is 290 g/mol. The van der Waals surface area contributed by atoms with Gasteiger partial charge in [0.2, 0.25) is 0 Å². The summed E-state index contributed by atoms with van der Waals surface area (Å²) >= 11 is 1.30. The van der Waals surface area contributed by atoms with E-state index in [1.54, 1.807) is 20.1 Å². The van der Waals surface area contributed by atoms with E-state index in [1.165, 1.54) is 11.8 Å². The van der Waals surface area contributed by atoms with E-state index in [9.17, 15) is 13.7 Å². The Hall–Kier alpha value is -0.710. The molecule has 0 bridgehead atoms. The molecule has 0 aromatic heterocycles. The maximum absolute atomic E-state index is 12.2. The molecule has 0 amide bonds. The van der Waals surface area contributed by atoms with Crippen LogP contribution in [0.2, 0.25) is 0 Å². The first kappa shape index (κ1) is 15.3. The van der Waals surface area contributed by atoms with Crippen molar-refractivity contribution in [3.63, 3.8) is 0 Å².